The number of hydrogen-bond donors (Lipinski definition) is 1. The van der Waals surface area contributed by atoms with E-state index in [1.807, 2.05) is 30.0 Å². The van der Waals surface area contributed by atoms with Gasteiger partial charge in [0.2, 0.25) is 0 Å². The molecule has 3 rings (SSSR count). The zero-order valence-corrected chi connectivity index (χ0v) is 12.0. The molecule has 1 saturated heterocycles. The van der Waals surface area contributed by atoms with Crippen LogP contribution in [0.1, 0.15) is 31.2 Å². The summed E-state index contributed by atoms with van der Waals surface area (Å²) in [6, 6.07) is 5.83. The number of hydrogen-bond acceptors (Lipinski definition) is 4. The molecule has 0 atom stereocenters. The average molecular weight is 280 g/mol. The van der Waals surface area contributed by atoms with Crippen molar-refractivity contribution in [2.24, 2.45) is 0 Å². The molecule has 1 aromatic carbocycles. The quantitative estimate of drug-likeness (QED) is 0.920. The fraction of sp³-hybridized carbons (Fsp3) is 0.600. The predicted octanol–water partition coefficient (Wildman–Crippen LogP) is 2.95. The Hall–Kier alpha value is -0.870. The van der Waals surface area contributed by atoms with Gasteiger partial charge in [0, 0.05) is 5.56 Å². The maximum atomic E-state index is 10.3. The lowest BCUT2D eigenvalue weighted by molar-refractivity contribution is 0.143. The molecule has 1 aromatic rings. The van der Waals surface area contributed by atoms with Crippen LogP contribution in [-0.4, -0.2) is 29.8 Å². The SMILES string of the molecule is COc1c(OC2CCSCC2)cccc1C1(O)CC1. The second-order valence-electron chi connectivity index (χ2n) is 5.30. The minimum absolute atomic E-state index is 0.277. The number of ether oxygens (including phenoxy) is 2. The van der Waals surface area contributed by atoms with E-state index in [0.717, 1.165) is 48.5 Å². The van der Waals surface area contributed by atoms with Crippen LogP contribution >= 0.6 is 11.8 Å². The first-order valence-corrected chi connectivity index (χ1v) is 8.03. The largest absolute Gasteiger partial charge is 0.492 e. The Bertz CT molecular complexity index is 451. The third-order valence-electron chi connectivity index (χ3n) is 3.87. The zero-order chi connectivity index (χ0) is 13.3. The van der Waals surface area contributed by atoms with Crippen LogP contribution in [0.5, 0.6) is 11.5 Å². The molecule has 2 fully saturated rings. The second-order valence-corrected chi connectivity index (χ2v) is 6.52. The Kier molecular flexibility index (Phi) is 3.63. The third kappa shape index (κ3) is 2.70. The van der Waals surface area contributed by atoms with Crippen molar-refractivity contribution >= 4 is 11.8 Å². The molecule has 0 radical (unpaired) electrons. The highest BCUT2D eigenvalue weighted by molar-refractivity contribution is 7.99. The highest BCUT2D eigenvalue weighted by atomic mass is 32.2. The Morgan fingerprint density at radius 1 is 1.26 bits per heavy atom. The highest BCUT2D eigenvalue weighted by Crippen LogP contribution is 2.51. The van der Waals surface area contributed by atoms with Gasteiger partial charge in [0.15, 0.2) is 11.5 Å². The smallest absolute Gasteiger partial charge is 0.166 e. The van der Waals surface area contributed by atoms with Crippen LogP contribution in [0.15, 0.2) is 18.2 Å². The Labute approximate surface area is 118 Å². The van der Waals surface area contributed by atoms with Gasteiger partial charge in [0.05, 0.1) is 12.7 Å². The number of methoxy groups -OCH3 is 1. The van der Waals surface area contributed by atoms with E-state index in [1.165, 1.54) is 0 Å². The van der Waals surface area contributed by atoms with Crippen molar-refractivity contribution in [3.8, 4) is 11.5 Å². The highest BCUT2D eigenvalue weighted by Gasteiger charge is 2.45. The molecule has 2 aliphatic rings. The number of para-hydroxylation sites is 1. The molecule has 1 aliphatic carbocycles. The summed E-state index contributed by atoms with van der Waals surface area (Å²) >= 11 is 1.99. The maximum absolute atomic E-state index is 10.3. The number of thioether (sulfide) groups is 1. The molecule has 4 heteroatoms. The molecule has 0 aromatic heterocycles. The normalized spacial score (nSPS) is 22.0. The third-order valence-corrected chi connectivity index (χ3v) is 4.92. The van der Waals surface area contributed by atoms with E-state index in [-0.39, 0.29) is 6.10 Å². The Morgan fingerprint density at radius 3 is 2.63 bits per heavy atom. The van der Waals surface area contributed by atoms with Crippen molar-refractivity contribution in [3.63, 3.8) is 0 Å². The fourth-order valence-electron chi connectivity index (χ4n) is 2.55. The van der Waals surface area contributed by atoms with Crippen LogP contribution in [-0.2, 0) is 5.60 Å². The fourth-order valence-corrected chi connectivity index (χ4v) is 3.61. The predicted molar refractivity (Wildman–Crippen MR) is 77.1 cm³/mol. The van der Waals surface area contributed by atoms with E-state index in [0.29, 0.717) is 5.75 Å². The van der Waals surface area contributed by atoms with Gasteiger partial charge in [-0.25, -0.2) is 0 Å². The minimum atomic E-state index is -0.687. The summed E-state index contributed by atoms with van der Waals surface area (Å²) in [4.78, 5) is 0. The van der Waals surface area contributed by atoms with Crippen LogP contribution in [0.3, 0.4) is 0 Å². The molecule has 0 bridgehead atoms. The van der Waals surface area contributed by atoms with Gasteiger partial charge in [-0.15, -0.1) is 0 Å². The summed E-state index contributed by atoms with van der Waals surface area (Å²) in [7, 11) is 1.65. The summed E-state index contributed by atoms with van der Waals surface area (Å²) in [6.45, 7) is 0. The number of rotatable bonds is 4. The average Bonchev–Trinajstić information content (AvgIpc) is 3.19. The molecule has 0 unspecified atom stereocenters. The van der Waals surface area contributed by atoms with Crippen molar-refractivity contribution in [2.75, 3.05) is 18.6 Å². The van der Waals surface area contributed by atoms with Gasteiger partial charge in [-0.05, 0) is 43.3 Å². The van der Waals surface area contributed by atoms with Crippen molar-refractivity contribution in [3.05, 3.63) is 23.8 Å². The molecule has 1 heterocycles. The molecule has 1 N–H and O–H groups in total. The van der Waals surface area contributed by atoms with Gasteiger partial charge in [0.1, 0.15) is 6.10 Å². The topological polar surface area (TPSA) is 38.7 Å². The molecule has 0 amide bonds. The van der Waals surface area contributed by atoms with Gasteiger partial charge in [-0.2, -0.15) is 11.8 Å². The van der Waals surface area contributed by atoms with Crippen LogP contribution in [0.2, 0.25) is 0 Å². The molecule has 19 heavy (non-hydrogen) atoms. The Morgan fingerprint density at radius 2 is 2.00 bits per heavy atom. The molecule has 104 valence electrons. The van der Waals surface area contributed by atoms with Gasteiger partial charge in [-0.3, -0.25) is 0 Å². The van der Waals surface area contributed by atoms with Crippen LogP contribution in [0.25, 0.3) is 0 Å². The van der Waals surface area contributed by atoms with Gasteiger partial charge in [0.25, 0.3) is 0 Å². The van der Waals surface area contributed by atoms with Crippen LogP contribution < -0.4 is 9.47 Å². The maximum Gasteiger partial charge on any atom is 0.166 e. The Balaban J connectivity index is 1.83. The van der Waals surface area contributed by atoms with E-state index in [9.17, 15) is 5.11 Å². The lowest BCUT2D eigenvalue weighted by atomic mass is 10.1. The van der Waals surface area contributed by atoms with Crippen LogP contribution in [0.4, 0.5) is 0 Å². The number of aliphatic hydroxyl groups is 1. The van der Waals surface area contributed by atoms with Gasteiger partial charge < -0.3 is 14.6 Å². The molecule has 3 nitrogen and oxygen atoms in total. The van der Waals surface area contributed by atoms with Crippen molar-refractivity contribution in [1.82, 2.24) is 0 Å². The zero-order valence-electron chi connectivity index (χ0n) is 11.2. The van der Waals surface area contributed by atoms with Crippen molar-refractivity contribution in [1.29, 1.82) is 0 Å². The first-order valence-electron chi connectivity index (χ1n) is 6.87. The molecule has 1 saturated carbocycles. The van der Waals surface area contributed by atoms with Gasteiger partial charge in [-0.1, -0.05) is 12.1 Å². The summed E-state index contributed by atoms with van der Waals surface area (Å²) in [5.41, 5.74) is 0.185. The van der Waals surface area contributed by atoms with Crippen molar-refractivity contribution in [2.45, 2.75) is 37.4 Å². The lowest BCUT2D eigenvalue weighted by Gasteiger charge is -2.25. The van der Waals surface area contributed by atoms with Gasteiger partial charge >= 0.3 is 0 Å². The molecule has 0 spiro atoms. The van der Waals surface area contributed by atoms with E-state index in [1.54, 1.807) is 7.11 Å². The molecular formula is C15H20O3S. The summed E-state index contributed by atoms with van der Waals surface area (Å²) in [6.07, 6.45) is 4.07. The van der Waals surface area contributed by atoms with Crippen molar-refractivity contribution < 1.29 is 14.6 Å². The summed E-state index contributed by atoms with van der Waals surface area (Å²) < 4.78 is 11.6. The second kappa shape index (κ2) is 5.25. The van der Waals surface area contributed by atoms with E-state index in [2.05, 4.69) is 0 Å². The van der Waals surface area contributed by atoms with E-state index >= 15 is 0 Å². The summed E-state index contributed by atoms with van der Waals surface area (Å²) in [5, 5.41) is 10.3. The monoisotopic (exact) mass is 280 g/mol. The molecular weight excluding hydrogens is 260 g/mol. The molecule has 1 aliphatic heterocycles. The minimum Gasteiger partial charge on any atom is -0.492 e. The first-order chi connectivity index (χ1) is 9.23. The van der Waals surface area contributed by atoms with Crippen LogP contribution in [0, 0.1) is 0 Å². The first kappa shape index (κ1) is 13.1. The number of benzene rings is 1. The lowest BCUT2D eigenvalue weighted by Crippen LogP contribution is -2.22. The van der Waals surface area contributed by atoms with E-state index in [4.69, 9.17) is 9.47 Å². The van der Waals surface area contributed by atoms with E-state index < -0.39 is 5.60 Å². The summed E-state index contributed by atoms with van der Waals surface area (Å²) in [5.74, 6) is 3.81. The standard InChI is InChI=1S/C15H20O3S/c1-17-14-12(15(16)7-8-15)3-2-4-13(14)18-11-5-9-19-10-6-11/h2-4,11,16H,5-10H2,1H3.